The number of rotatable bonds is 2. The Morgan fingerprint density at radius 1 is 1.17 bits per heavy atom. The van der Waals surface area contributed by atoms with Crippen molar-refractivity contribution in [2.45, 2.75) is 19.6 Å². The van der Waals surface area contributed by atoms with E-state index in [-0.39, 0.29) is 0 Å². The summed E-state index contributed by atoms with van der Waals surface area (Å²) in [5.74, 6) is 0. The van der Waals surface area contributed by atoms with Gasteiger partial charge in [-0.2, -0.15) is 0 Å². The fourth-order valence-corrected chi connectivity index (χ4v) is 1.45. The summed E-state index contributed by atoms with van der Waals surface area (Å²) in [6.07, 6.45) is 1.98. The van der Waals surface area contributed by atoms with Crippen molar-refractivity contribution in [1.82, 2.24) is 0 Å². The molecule has 0 radical (unpaired) electrons. The first-order valence-corrected chi connectivity index (χ1v) is 7.74. The van der Waals surface area contributed by atoms with Crippen molar-refractivity contribution in [2.24, 2.45) is 0 Å². The molecule has 64 valence electrons. The van der Waals surface area contributed by atoms with Gasteiger partial charge in [0, 0.05) is 0 Å². The molecule has 0 spiro atoms. The van der Waals surface area contributed by atoms with Crippen molar-refractivity contribution in [3.05, 3.63) is 41.6 Å². The molecule has 0 atom stereocenters. The van der Waals surface area contributed by atoms with Crippen molar-refractivity contribution < 1.29 is 1.37 Å². The van der Waals surface area contributed by atoms with Crippen molar-refractivity contribution in [2.75, 3.05) is 0 Å². The highest BCUT2D eigenvalue weighted by Gasteiger charge is 2.06. The first-order chi connectivity index (χ1) is 6.00. The predicted molar refractivity (Wildman–Crippen MR) is 58.8 cm³/mol. The van der Waals surface area contributed by atoms with Gasteiger partial charge in [0.25, 0.3) is 0 Å². The Hall–Kier alpha value is -0.823. The van der Waals surface area contributed by atoms with Crippen LogP contribution in [0.5, 0.6) is 0 Å². The van der Waals surface area contributed by atoms with Crippen molar-refractivity contribution in [3.8, 4) is 0 Å². The summed E-state index contributed by atoms with van der Waals surface area (Å²) >= 11 is 0. The van der Waals surface area contributed by atoms with Gasteiger partial charge in [-0.05, 0) is 5.56 Å². The van der Waals surface area contributed by atoms with E-state index in [0.29, 0.717) is 0 Å². The van der Waals surface area contributed by atoms with Gasteiger partial charge < -0.3 is 0 Å². The fraction of sp³-hybridized carbons (Fsp3) is 0.273. The minimum Gasteiger partial charge on any atom is -0.0944 e. The van der Waals surface area contributed by atoms with Crippen molar-refractivity contribution >= 4 is 14.1 Å². The first kappa shape index (κ1) is 7.81. The van der Waals surface area contributed by atoms with E-state index >= 15 is 0 Å². The standard InChI is InChI=1S/C11H16Si/c1-12(2,3)10-9-11-7-5-4-6-8-11/h4-10H,1-3H3/b10-9-/i10D. The summed E-state index contributed by atoms with van der Waals surface area (Å²) in [6, 6.07) is 10.1. The Kier molecular flexibility index (Phi) is 2.42. The first-order valence-electron chi connectivity index (χ1n) is 4.74. The lowest BCUT2D eigenvalue weighted by molar-refractivity contribution is 1.66. The molecule has 1 aromatic carbocycles. The minimum absolute atomic E-state index is 0.804. The van der Waals surface area contributed by atoms with E-state index in [0.717, 1.165) is 11.2 Å². The summed E-state index contributed by atoms with van der Waals surface area (Å²) in [5, 5.41) is 0. The van der Waals surface area contributed by atoms with Crippen LogP contribution in [0.25, 0.3) is 6.08 Å². The van der Waals surface area contributed by atoms with E-state index in [1.807, 2.05) is 36.4 Å². The van der Waals surface area contributed by atoms with Crippen molar-refractivity contribution in [3.63, 3.8) is 0 Å². The highest BCUT2D eigenvalue weighted by Crippen LogP contribution is 2.07. The molecule has 0 aromatic heterocycles. The molecule has 0 heterocycles. The Balaban J connectivity index is 2.90. The van der Waals surface area contributed by atoms with Crippen LogP contribution >= 0.6 is 0 Å². The van der Waals surface area contributed by atoms with Crippen LogP contribution in [0.1, 0.15) is 6.93 Å². The third-order valence-corrected chi connectivity index (χ3v) is 2.48. The molecule has 0 bridgehead atoms. The van der Waals surface area contributed by atoms with Crippen LogP contribution < -0.4 is 0 Å². The molecular formula is C11H16Si. The fourth-order valence-electron chi connectivity index (χ4n) is 0.849. The van der Waals surface area contributed by atoms with Crippen LogP contribution in [0.15, 0.2) is 36.0 Å². The molecule has 0 N–H and O–H groups in total. The average molecular weight is 177 g/mol. The Morgan fingerprint density at radius 3 is 2.25 bits per heavy atom. The molecule has 12 heavy (non-hydrogen) atoms. The molecule has 1 aromatic rings. The smallest absolute Gasteiger partial charge is 0.0687 e. The van der Waals surface area contributed by atoms with Gasteiger partial charge in [-0.1, -0.05) is 61.7 Å². The maximum absolute atomic E-state index is 7.88. The van der Waals surface area contributed by atoms with E-state index in [1.165, 1.54) is 0 Å². The summed E-state index contributed by atoms with van der Waals surface area (Å²) < 4.78 is 7.88. The molecule has 0 nitrogen and oxygen atoms in total. The maximum Gasteiger partial charge on any atom is 0.0687 e. The second-order valence-electron chi connectivity index (χ2n) is 3.95. The predicted octanol–water partition coefficient (Wildman–Crippen LogP) is 3.58. The zero-order valence-corrected chi connectivity index (χ0v) is 8.96. The van der Waals surface area contributed by atoms with E-state index in [9.17, 15) is 0 Å². The maximum atomic E-state index is 7.88. The average Bonchev–Trinajstić information content (AvgIpc) is 2.04. The second kappa shape index (κ2) is 3.72. The Morgan fingerprint density at radius 2 is 1.75 bits per heavy atom. The highest BCUT2D eigenvalue weighted by molar-refractivity contribution is 6.81. The van der Waals surface area contributed by atoms with E-state index in [2.05, 4.69) is 19.6 Å². The molecule has 0 aliphatic rings. The molecule has 0 saturated heterocycles. The van der Waals surface area contributed by atoms with E-state index in [4.69, 9.17) is 1.37 Å². The lowest BCUT2D eigenvalue weighted by Gasteiger charge is -2.07. The molecule has 1 rings (SSSR count). The van der Waals surface area contributed by atoms with Crippen LogP contribution in [-0.2, 0) is 0 Å². The third kappa shape index (κ3) is 3.53. The Bertz CT molecular complexity index is 296. The summed E-state index contributed by atoms with van der Waals surface area (Å²) in [5.41, 5.74) is 1.94. The van der Waals surface area contributed by atoms with Gasteiger partial charge in [0.1, 0.15) is 0 Å². The van der Waals surface area contributed by atoms with Crippen LogP contribution in [-0.4, -0.2) is 8.07 Å². The van der Waals surface area contributed by atoms with Gasteiger partial charge in [-0.25, -0.2) is 0 Å². The van der Waals surface area contributed by atoms with E-state index < -0.39 is 8.07 Å². The van der Waals surface area contributed by atoms with Crippen LogP contribution in [0.3, 0.4) is 0 Å². The van der Waals surface area contributed by atoms with Crippen molar-refractivity contribution in [1.29, 1.82) is 0 Å². The molecule has 0 aliphatic heterocycles. The largest absolute Gasteiger partial charge is 0.0944 e. The summed E-state index contributed by atoms with van der Waals surface area (Å²) in [6.45, 7) is 6.57. The lowest BCUT2D eigenvalue weighted by atomic mass is 10.2. The van der Waals surface area contributed by atoms with Gasteiger partial charge in [-0.15, -0.1) is 0 Å². The summed E-state index contributed by atoms with van der Waals surface area (Å²) in [4.78, 5) is 0. The van der Waals surface area contributed by atoms with Gasteiger partial charge in [0.05, 0.1) is 9.44 Å². The Labute approximate surface area is 77.4 Å². The zero-order valence-electron chi connectivity index (χ0n) is 8.96. The second-order valence-corrected chi connectivity index (χ2v) is 8.74. The van der Waals surface area contributed by atoms with Gasteiger partial charge in [0.15, 0.2) is 0 Å². The molecule has 0 saturated carbocycles. The topological polar surface area (TPSA) is 0 Å². The van der Waals surface area contributed by atoms with Crippen LogP contribution in [0.2, 0.25) is 19.6 Å². The van der Waals surface area contributed by atoms with Crippen LogP contribution in [0.4, 0.5) is 0 Å². The summed E-state index contributed by atoms with van der Waals surface area (Å²) in [7, 11) is -1.42. The van der Waals surface area contributed by atoms with Gasteiger partial charge >= 0.3 is 0 Å². The SMILES string of the molecule is [2H]/C(=C/c1ccccc1)[Si](C)(C)C. The van der Waals surface area contributed by atoms with E-state index in [1.54, 1.807) is 0 Å². The number of hydrogen-bond donors (Lipinski definition) is 0. The third-order valence-electron chi connectivity index (χ3n) is 1.47. The quantitative estimate of drug-likeness (QED) is 0.606. The normalized spacial score (nSPS) is 14.2. The molecule has 0 unspecified atom stereocenters. The highest BCUT2D eigenvalue weighted by atomic mass is 28.3. The van der Waals surface area contributed by atoms with Gasteiger partial charge in [-0.3, -0.25) is 0 Å². The number of hydrogen-bond acceptors (Lipinski definition) is 0. The molecule has 0 aliphatic carbocycles. The monoisotopic (exact) mass is 177 g/mol. The molecular weight excluding hydrogens is 160 g/mol. The van der Waals surface area contributed by atoms with Gasteiger partial charge in [0.2, 0.25) is 0 Å². The zero-order chi connectivity index (χ0) is 9.90. The molecule has 0 amide bonds. The van der Waals surface area contributed by atoms with Crippen LogP contribution in [0, 0.1) is 0 Å². The number of benzene rings is 1. The minimum atomic E-state index is -1.42. The molecule has 1 heteroatoms. The lowest BCUT2D eigenvalue weighted by Crippen LogP contribution is -2.15. The molecule has 0 fully saturated rings.